The second kappa shape index (κ2) is 8.54. The van der Waals surface area contributed by atoms with Crippen LogP contribution in [0.15, 0.2) is 35.6 Å². The number of nitrogens with zero attached hydrogens (tertiary/aromatic N) is 7. The van der Waals surface area contributed by atoms with Gasteiger partial charge in [0.25, 0.3) is 5.91 Å². The first-order valence-electron chi connectivity index (χ1n) is 10.8. The van der Waals surface area contributed by atoms with Crippen LogP contribution >= 0.6 is 11.6 Å². The first-order chi connectivity index (χ1) is 15.9. The van der Waals surface area contributed by atoms with E-state index in [1.165, 1.54) is 22.8 Å². The van der Waals surface area contributed by atoms with Crippen molar-refractivity contribution in [3.63, 3.8) is 0 Å². The number of benzene rings is 1. The van der Waals surface area contributed by atoms with E-state index in [4.69, 9.17) is 11.6 Å². The molecule has 4 heterocycles. The summed E-state index contributed by atoms with van der Waals surface area (Å²) in [4.78, 5) is 25.7. The van der Waals surface area contributed by atoms with E-state index in [1.54, 1.807) is 21.8 Å². The molecule has 2 aliphatic rings. The van der Waals surface area contributed by atoms with Gasteiger partial charge < -0.3 is 9.80 Å². The van der Waals surface area contributed by atoms with Gasteiger partial charge in [-0.05, 0) is 31.0 Å². The Morgan fingerprint density at radius 1 is 1.03 bits per heavy atom. The van der Waals surface area contributed by atoms with Crippen molar-refractivity contribution in [3.8, 4) is 0 Å². The zero-order chi connectivity index (χ0) is 23.2. The summed E-state index contributed by atoms with van der Waals surface area (Å²) in [7, 11) is -1.89. The molecule has 2 saturated heterocycles. The lowest BCUT2D eigenvalue weighted by atomic mass is 10.1. The summed E-state index contributed by atoms with van der Waals surface area (Å²) in [6, 6.07) is 4.49. The predicted molar refractivity (Wildman–Crippen MR) is 124 cm³/mol. The first kappa shape index (κ1) is 22.1. The molecular formula is C21H24ClN7O3S. The Morgan fingerprint density at radius 2 is 1.76 bits per heavy atom. The van der Waals surface area contributed by atoms with Crippen LogP contribution < -0.4 is 4.90 Å². The molecule has 2 aromatic heterocycles. The number of rotatable bonds is 4. The number of anilines is 1. The molecule has 0 spiro atoms. The summed E-state index contributed by atoms with van der Waals surface area (Å²) in [5.74, 6) is 0.587. The van der Waals surface area contributed by atoms with Gasteiger partial charge in [-0.15, -0.1) is 0 Å². The molecule has 1 aromatic carbocycles. The Kier molecular flexibility index (Phi) is 5.71. The maximum Gasteiger partial charge on any atom is 0.254 e. The van der Waals surface area contributed by atoms with Crippen molar-refractivity contribution in [1.82, 2.24) is 29.0 Å². The zero-order valence-electron chi connectivity index (χ0n) is 18.2. The minimum absolute atomic E-state index is 0.00416. The minimum Gasteiger partial charge on any atom is -0.352 e. The van der Waals surface area contributed by atoms with Gasteiger partial charge in [0, 0.05) is 51.9 Å². The van der Waals surface area contributed by atoms with Gasteiger partial charge >= 0.3 is 0 Å². The van der Waals surface area contributed by atoms with Crippen molar-refractivity contribution in [2.75, 3.05) is 44.2 Å². The van der Waals surface area contributed by atoms with Crippen LogP contribution in [0.3, 0.4) is 0 Å². The monoisotopic (exact) mass is 489 g/mol. The Labute approximate surface area is 196 Å². The van der Waals surface area contributed by atoms with Gasteiger partial charge in [0.1, 0.15) is 17.0 Å². The fourth-order valence-corrected chi connectivity index (χ4v) is 6.42. The number of carbonyl (C=O) groups is 1. The van der Waals surface area contributed by atoms with Gasteiger partial charge in [0.15, 0.2) is 5.65 Å². The molecule has 0 atom stereocenters. The van der Waals surface area contributed by atoms with Crippen LogP contribution in [0.2, 0.25) is 5.02 Å². The molecule has 33 heavy (non-hydrogen) atoms. The molecule has 0 saturated carbocycles. The molecule has 3 aromatic rings. The number of carbonyl (C=O) groups excluding carboxylic acids is 1. The Hall–Kier alpha value is -2.76. The molecule has 2 fully saturated rings. The van der Waals surface area contributed by atoms with Crippen molar-refractivity contribution >= 4 is 44.4 Å². The number of halogens is 1. The van der Waals surface area contributed by atoms with Crippen LogP contribution in [0.25, 0.3) is 11.0 Å². The largest absolute Gasteiger partial charge is 0.352 e. The van der Waals surface area contributed by atoms with E-state index >= 15 is 0 Å². The summed E-state index contributed by atoms with van der Waals surface area (Å²) in [6.07, 6.45) is 4.93. The van der Waals surface area contributed by atoms with E-state index in [-0.39, 0.29) is 15.8 Å². The normalized spacial score (nSPS) is 17.8. The lowest BCUT2D eigenvalue weighted by molar-refractivity contribution is 0.0746. The Morgan fingerprint density at radius 3 is 2.48 bits per heavy atom. The third kappa shape index (κ3) is 3.94. The van der Waals surface area contributed by atoms with Gasteiger partial charge in [-0.1, -0.05) is 11.6 Å². The molecule has 0 radical (unpaired) electrons. The van der Waals surface area contributed by atoms with E-state index in [1.807, 2.05) is 7.05 Å². The predicted octanol–water partition coefficient (Wildman–Crippen LogP) is 1.76. The average molecular weight is 490 g/mol. The number of amides is 1. The smallest absolute Gasteiger partial charge is 0.254 e. The average Bonchev–Trinajstić information content (AvgIpc) is 3.50. The zero-order valence-corrected chi connectivity index (χ0v) is 19.8. The second-order valence-electron chi connectivity index (χ2n) is 8.24. The number of aryl methyl sites for hydroxylation is 1. The van der Waals surface area contributed by atoms with Gasteiger partial charge in [0.2, 0.25) is 10.0 Å². The molecule has 2 aliphatic heterocycles. The summed E-state index contributed by atoms with van der Waals surface area (Å²) in [5.41, 5.74) is 1.08. The maximum absolute atomic E-state index is 13.2. The molecule has 10 nitrogen and oxygen atoms in total. The Bertz CT molecular complexity index is 1310. The minimum atomic E-state index is -3.72. The number of hydrogen-bond acceptors (Lipinski definition) is 7. The highest BCUT2D eigenvalue weighted by Gasteiger charge is 2.31. The molecular weight excluding hydrogens is 466 g/mol. The van der Waals surface area contributed by atoms with Crippen molar-refractivity contribution in [2.24, 2.45) is 7.05 Å². The molecule has 0 N–H and O–H groups in total. The van der Waals surface area contributed by atoms with Crippen LogP contribution in [0.1, 0.15) is 23.2 Å². The molecule has 174 valence electrons. The summed E-state index contributed by atoms with van der Waals surface area (Å²) in [5, 5.41) is 5.26. The number of hydrogen-bond donors (Lipinski definition) is 0. The molecule has 0 bridgehead atoms. The summed E-state index contributed by atoms with van der Waals surface area (Å²) in [6.45, 7) is 3.12. The molecule has 1 amide bonds. The third-order valence-corrected chi connectivity index (χ3v) is 8.62. The third-order valence-electron chi connectivity index (χ3n) is 6.24. The summed E-state index contributed by atoms with van der Waals surface area (Å²) >= 11 is 6.23. The maximum atomic E-state index is 13.2. The number of sulfonamides is 1. The van der Waals surface area contributed by atoms with Gasteiger partial charge in [-0.3, -0.25) is 9.48 Å². The van der Waals surface area contributed by atoms with E-state index in [0.29, 0.717) is 44.8 Å². The number of aromatic nitrogens is 4. The van der Waals surface area contributed by atoms with Crippen LogP contribution in [-0.2, 0) is 17.1 Å². The lowest BCUT2D eigenvalue weighted by Crippen LogP contribution is -2.49. The van der Waals surface area contributed by atoms with Crippen LogP contribution in [0.4, 0.5) is 5.82 Å². The van der Waals surface area contributed by atoms with Crippen molar-refractivity contribution in [2.45, 2.75) is 17.7 Å². The highest BCUT2D eigenvalue weighted by Crippen LogP contribution is 2.29. The standard InChI is InChI=1S/C21H24ClN7O3S/c1-26-19-16(13-25-26)20(24-14-23-19)27-8-10-28(11-9-27)21(30)15-4-5-17(22)18(12-15)33(31,32)29-6-2-3-7-29/h4-5,12-14H,2-3,6-11H2,1H3. The topological polar surface area (TPSA) is 105 Å². The van der Waals surface area contributed by atoms with Crippen LogP contribution in [0, 0.1) is 0 Å². The SMILES string of the molecule is Cn1ncc2c(N3CCN(C(=O)c4ccc(Cl)c(S(=O)(=O)N5CCCC5)c4)CC3)ncnc21. The molecule has 0 unspecified atom stereocenters. The molecule has 0 aliphatic carbocycles. The van der Waals surface area contributed by atoms with Gasteiger partial charge in [-0.2, -0.15) is 9.40 Å². The van der Waals surface area contributed by atoms with Crippen molar-refractivity contribution < 1.29 is 13.2 Å². The van der Waals surface area contributed by atoms with Crippen LogP contribution in [0.5, 0.6) is 0 Å². The van der Waals surface area contributed by atoms with E-state index in [9.17, 15) is 13.2 Å². The van der Waals surface area contributed by atoms with E-state index in [2.05, 4.69) is 20.0 Å². The highest BCUT2D eigenvalue weighted by atomic mass is 35.5. The fraction of sp³-hybridized carbons (Fsp3) is 0.429. The van der Waals surface area contributed by atoms with Crippen LogP contribution in [-0.4, -0.2) is 82.5 Å². The Balaban J connectivity index is 1.33. The fourth-order valence-electron chi connectivity index (χ4n) is 4.41. The first-order valence-corrected chi connectivity index (χ1v) is 12.6. The van der Waals surface area contributed by atoms with Gasteiger partial charge in [-0.25, -0.2) is 18.4 Å². The van der Waals surface area contributed by atoms with Crippen molar-refractivity contribution in [3.05, 3.63) is 41.3 Å². The van der Waals surface area contributed by atoms with E-state index in [0.717, 1.165) is 29.7 Å². The van der Waals surface area contributed by atoms with Crippen molar-refractivity contribution in [1.29, 1.82) is 0 Å². The highest BCUT2D eigenvalue weighted by molar-refractivity contribution is 7.89. The summed E-state index contributed by atoms with van der Waals surface area (Å²) < 4.78 is 29.1. The lowest BCUT2D eigenvalue weighted by Gasteiger charge is -2.35. The quantitative estimate of drug-likeness (QED) is 0.550. The number of fused-ring (bicyclic) bond motifs is 1. The van der Waals surface area contributed by atoms with Gasteiger partial charge in [0.05, 0.1) is 16.6 Å². The molecule has 5 rings (SSSR count). The molecule has 12 heteroatoms. The number of piperazine rings is 1. The van der Waals surface area contributed by atoms with E-state index < -0.39 is 10.0 Å². The second-order valence-corrected chi connectivity index (χ2v) is 10.6.